The lowest BCUT2D eigenvalue weighted by atomic mass is 10.1. The lowest BCUT2D eigenvalue weighted by molar-refractivity contribution is -0.0494. The number of amides is 1. The molecule has 0 radical (unpaired) electrons. The molecule has 2 aromatic heterocycles. The molecule has 2 aromatic carbocycles. The summed E-state index contributed by atoms with van der Waals surface area (Å²) < 4.78 is 59.1. The van der Waals surface area contributed by atoms with E-state index in [-0.39, 0.29) is 22.6 Å². The Hall–Kier alpha value is -4.21. The van der Waals surface area contributed by atoms with Gasteiger partial charge in [-0.25, -0.2) is 13.5 Å². The summed E-state index contributed by atoms with van der Waals surface area (Å²) in [5, 5.41) is 6.96. The molecule has 0 aliphatic carbocycles. The van der Waals surface area contributed by atoms with Crippen molar-refractivity contribution in [1.29, 1.82) is 0 Å². The molecule has 0 saturated heterocycles. The van der Waals surface area contributed by atoms with Crippen LogP contribution >= 0.6 is 0 Å². The third-order valence-electron chi connectivity index (χ3n) is 5.16. The number of ether oxygens (including phenoxy) is 1. The number of carbonyl (C=O) groups excluding carboxylic acids is 1. The van der Waals surface area contributed by atoms with Crippen LogP contribution in [0.3, 0.4) is 0 Å². The molecule has 0 aliphatic rings. The number of benzene rings is 2. The highest BCUT2D eigenvalue weighted by Gasteiger charge is 2.25. The van der Waals surface area contributed by atoms with E-state index in [1.807, 2.05) is 0 Å². The molecular weight excluding hydrogens is 464 g/mol. The van der Waals surface area contributed by atoms with E-state index in [0.29, 0.717) is 22.6 Å². The molecule has 0 bridgehead atoms. The monoisotopic (exact) mass is 484 g/mol. The Kier molecular flexibility index (Phi) is 6.54. The fourth-order valence-corrected chi connectivity index (χ4v) is 3.47. The molecule has 0 aliphatic heterocycles. The first-order chi connectivity index (χ1) is 16.6. The van der Waals surface area contributed by atoms with Gasteiger partial charge < -0.3 is 10.1 Å². The summed E-state index contributed by atoms with van der Waals surface area (Å²) in [6.45, 7) is -0.619. The van der Waals surface area contributed by atoms with Crippen LogP contribution in [0.25, 0.3) is 16.9 Å². The summed E-state index contributed by atoms with van der Waals surface area (Å²) in [5.74, 6) is -3.64. The summed E-state index contributed by atoms with van der Waals surface area (Å²) in [4.78, 5) is 17.0. The van der Waals surface area contributed by atoms with Crippen molar-refractivity contribution in [3.05, 3.63) is 89.9 Å². The zero-order valence-electron chi connectivity index (χ0n) is 18.7. The van der Waals surface area contributed by atoms with Gasteiger partial charge in [0.15, 0.2) is 0 Å². The first-order valence-corrected chi connectivity index (χ1v) is 10.5. The molecule has 180 valence electrons. The van der Waals surface area contributed by atoms with Crippen LogP contribution in [0, 0.1) is 6.92 Å². The topological polar surface area (TPSA) is 69.0 Å². The third kappa shape index (κ3) is 5.48. The van der Waals surface area contributed by atoms with E-state index in [2.05, 4.69) is 20.1 Å². The molecule has 1 amide bonds. The van der Waals surface area contributed by atoms with Gasteiger partial charge in [0.25, 0.3) is 11.8 Å². The summed E-state index contributed by atoms with van der Waals surface area (Å²) >= 11 is 0. The number of carbonyl (C=O) groups is 1. The van der Waals surface area contributed by atoms with Crippen molar-refractivity contribution in [2.75, 3.05) is 5.32 Å². The number of halogens is 4. The van der Waals surface area contributed by atoms with E-state index >= 15 is 0 Å². The molecule has 4 aromatic rings. The number of pyridine rings is 1. The maximum absolute atomic E-state index is 13.6. The molecule has 0 atom stereocenters. The minimum Gasteiger partial charge on any atom is -0.434 e. The van der Waals surface area contributed by atoms with Crippen molar-refractivity contribution in [3.63, 3.8) is 0 Å². The molecule has 2 heterocycles. The van der Waals surface area contributed by atoms with Crippen molar-refractivity contribution in [1.82, 2.24) is 14.8 Å². The van der Waals surface area contributed by atoms with Crippen molar-refractivity contribution in [3.8, 4) is 22.7 Å². The second kappa shape index (κ2) is 9.57. The summed E-state index contributed by atoms with van der Waals surface area (Å²) in [6.07, 6.45) is 2.99. The zero-order valence-corrected chi connectivity index (χ0v) is 18.7. The average Bonchev–Trinajstić information content (AvgIpc) is 3.21. The predicted molar refractivity (Wildman–Crippen MR) is 122 cm³/mol. The van der Waals surface area contributed by atoms with Crippen LogP contribution in [0.2, 0.25) is 0 Å². The Morgan fingerprint density at radius 2 is 1.89 bits per heavy atom. The summed E-state index contributed by atoms with van der Waals surface area (Å²) in [5.41, 5.74) is 1.79. The number of nitrogens with one attached hydrogen (secondary N) is 1. The van der Waals surface area contributed by atoms with E-state index in [0.717, 1.165) is 6.92 Å². The fourth-order valence-electron chi connectivity index (χ4n) is 3.47. The van der Waals surface area contributed by atoms with Crippen LogP contribution in [0.4, 0.5) is 23.2 Å². The normalized spacial score (nSPS) is 11.5. The molecule has 35 heavy (non-hydrogen) atoms. The number of anilines is 1. The van der Waals surface area contributed by atoms with Crippen LogP contribution < -0.4 is 10.1 Å². The van der Waals surface area contributed by atoms with Crippen LogP contribution in [0.1, 0.15) is 28.5 Å². The second-order valence-corrected chi connectivity index (χ2v) is 7.77. The number of hydrogen-bond acceptors (Lipinski definition) is 4. The predicted octanol–water partition coefficient (Wildman–Crippen LogP) is 6.21. The highest BCUT2D eigenvalue weighted by atomic mass is 19.3. The van der Waals surface area contributed by atoms with Crippen molar-refractivity contribution < 1.29 is 27.1 Å². The first-order valence-electron chi connectivity index (χ1n) is 10.5. The quantitative estimate of drug-likeness (QED) is 0.317. The van der Waals surface area contributed by atoms with Gasteiger partial charge in [0.05, 0.1) is 22.6 Å². The number of rotatable bonds is 7. The van der Waals surface area contributed by atoms with Crippen LogP contribution in [0.15, 0.2) is 73.1 Å². The summed E-state index contributed by atoms with van der Waals surface area (Å²) in [7, 11) is 0. The van der Waals surface area contributed by atoms with Crippen molar-refractivity contribution in [2.24, 2.45) is 0 Å². The molecular formula is C25H20F4N4O2. The first kappa shape index (κ1) is 23.9. The van der Waals surface area contributed by atoms with Gasteiger partial charge in [0.1, 0.15) is 5.75 Å². The number of aromatic nitrogens is 3. The van der Waals surface area contributed by atoms with Gasteiger partial charge in [-0.05, 0) is 49.4 Å². The largest absolute Gasteiger partial charge is 0.434 e. The smallest absolute Gasteiger partial charge is 0.387 e. The van der Waals surface area contributed by atoms with E-state index < -0.39 is 18.4 Å². The van der Waals surface area contributed by atoms with Crippen molar-refractivity contribution in [2.45, 2.75) is 26.4 Å². The SMILES string of the molecule is Cc1nn(-c2ccc(OC(F)F)c(-c3ccccn3)c2)cc1C(=O)Nc1cccc(C(C)(F)F)c1. The highest BCUT2D eigenvalue weighted by molar-refractivity contribution is 6.05. The Morgan fingerprint density at radius 1 is 1.09 bits per heavy atom. The Morgan fingerprint density at radius 3 is 2.57 bits per heavy atom. The molecule has 0 unspecified atom stereocenters. The van der Waals surface area contributed by atoms with E-state index in [9.17, 15) is 22.4 Å². The van der Waals surface area contributed by atoms with E-state index in [4.69, 9.17) is 0 Å². The Bertz CT molecular complexity index is 1350. The average molecular weight is 484 g/mol. The Labute approximate surface area is 198 Å². The maximum atomic E-state index is 13.6. The number of hydrogen-bond donors (Lipinski definition) is 1. The summed E-state index contributed by atoms with van der Waals surface area (Å²) in [6, 6.07) is 14.9. The molecule has 0 spiro atoms. The van der Waals surface area contributed by atoms with Gasteiger partial charge in [0, 0.05) is 36.1 Å². The fraction of sp³-hybridized carbons (Fsp3) is 0.160. The van der Waals surface area contributed by atoms with Gasteiger partial charge >= 0.3 is 6.61 Å². The van der Waals surface area contributed by atoms with Gasteiger partial charge in [-0.2, -0.15) is 13.9 Å². The highest BCUT2D eigenvalue weighted by Crippen LogP contribution is 2.32. The minimum absolute atomic E-state index is 0.0584. The van der Waals surface area contributed by atoms with Gasteiger partial charge in [-0.3, -0.25) is 9.78 Å². The second-order valence-electron chi connectivity index (χ2n) is 7.77. The number of aryl methyl sites for hydroxylation is 1. The molecule has 0 saturated carbocycles. The van der Waals surface area contributed by atoms with Gasteiger partial charge in [-0.1, -0.05) is 18.2 Å². The van der Waals surface area contributed by atoms with Crippen molar-refractivity contribution >= 4 is 11.6 Å². The molecule has 10 heteroatoms. The zero-order chi connectivity index (χ0) is 25.2. The minimum atomic E-state index is -3.05. The van der Waals surface area contributed by atoms with E-state index in [1.54, 1.807) is 31.2 Å². The van der Waals surface area contributed by atoms with Gasteiger partial charge in [0.2, 0.25) is 0 Å². The van der Waals surface area contributed by atoms with Crippen LogP contribution in [0.5, 0.6) is 5.75 Å². The van der Waals surface area contributed by atoms with E-state index in [1.165, 1.54) is 53.5 Å². The third-order valence-corrected chi connectivity index (χ3v) is 5.16. The Balaban J connectivity index is 1.65. The standard InChI is InChI=1S/C25H20F4N4O2/c1-15-20(23(34)31-17-7-5-6-16(12-17)25(2,28)29)14-33(32-15)18-9-10-22(35-24(26)27)19(13-18)21-8-3-4-11-30-21/h3-14,24H,1-2H3,(H,31,34). The van der Waals surface area contributed by atoms with Crippen LogP contribution in [-0.2, 0) is 5.92 Å². The van der Waals surface area contributed by atoms with Gasteiger partial charge in [-0.15, -0.1) is 0 Å². The lowest BCUT2D eigenvalue weighted by Gasteiger charge is -2.12. The molecule has 0 fully saturated rings. The molecule has 6 nitrogen and oxygen atoms in total. The molecule has 1 N–H and O–H groups in total. The number of alkyl halides is 4. The number of nitrogens with zero attached hydrogens (tertiary/aromatic N) is 3. The van der Waals surface area contributed by atoms with Crippen LogP contribution in [-0.4, -0.2) is 27.3 Å². The molecule has 4 rings (SSSR count). The lowest BCUT2D eigenvalue weighted by Crippen LogP contribution is -2.14. The maximum Gasteiger partial charge on any atom is 0.387 e.